The maximum atomic E-state index is 14.0. The van der Waals surface area contributed by atoms with E-state index in [-0.39, 0.29) is 23.2 Å². The van der Waals surface area contributed by atoms with Crippen LogP contribution in [0.15, 0.2) is 30.5 Å². The Hall–Kier alpha value is -2.95. The summed E-state index contributed by atoms with van der Waals surface area (Å²) >= 11 is 0. The number of anilines is 2. The molecule has 2 aromatic rings. The third-order valence-corrected chi connectivity index (χ3v) is 7.78. The van der Waals surface area contributed by atoms with Gasteiger partial charge in [0.1, 0.15) is 11.5 Å². The number of nitrogens with zero attached hydrogens (tertiary/aromatic N) is 5. The Bertz CT molecular complexity index is 1130. The molecule has 2 saturated heterocycles. The Labute approximate surface area is 201 Å². The van der Waals surface area contributed by atoms with E-state index in [2.05, 4.69) is 20.2 Å². The molecule has 2 amide bonds. The Kier molecular flexibility index (Phi) is 5.65. The van der Waals surface area contributed by atoms with Gasteiger partial charge in [0, 0.05) is 18.6 Å². The topological polar surface area (TPSA) is 64.6 Å². The highest BCUT2D eigenvalue weighted by atomic mass is 19.4. The molecule has 3 aliphatic rings. The number of carbonyl (C=O) groups excluding carboxylic acids is 1. The lowest BCUT2D eigenvalue weighted by Gasteiger charge is -2.48. The van der Waals surface area contributed by atoms with Gasteiger partial charge in [-0.15, -0.1) is 0 Å². The van der Waals surface area contributed by atoms with Crippen LogP contribution >= 0.6 is 0 Å². The molecule has 188 valence electrons. The van der Waals surface area contributed by atoms with Gasteiger partial charge in [-0.25, -0.2) is 19.2 Å². The van der Waals surface area contributed by atoms with Crippen LogP contribution in [0.5, 0.6) is 0 Å². The normalized spacial score (nSPS) is 26.9. The molecule has 11 heteroatoms. The fraction of sp³-hybridized carbons (Fsp3) is 0.542. The number of urea groups is 1. The molecule has 3 heterocycles. The summed E-state index contributed by atoms with van der Waals surface area (Å²) in [6, 6.07) is 6.27. The molecule has 7 nitrogen and oxygen atoms in total. The number of nitrogens with one attached hydrogen (secondary N) is 1. The zero-order valence-electron chi connectivity index (χ0n) is 19.7. The number of amides is 2. The second kappa shape index (κ2) is 8.32. The fourth-order valence-corrected chi connectivity index (χ4v) is 5.55. The molecule has 1 saturated carbocycles. The third kappa shape index (κ3) is 4.09. The minimum Gasteiger partial charge on any atom is -0.355 e. The number of rotatable bonds is 4. The summed E-state index contributed by atoms with van der Waals surface area (Å²) in [6.07, 6.45) is -0.0209. The number of benzene rings is 1. The molecule has 0 unspecified atom stereocenters. The van der Waals surface area contributed by atoms with Gasteiger partial charge >= 0.3 is 12.2 Å². The summed E-state index contributed by atoms with van der Waals surface area (Å²) in [7, 11) is 3.95. The zero-order chi connectivity index (χ0) is 25.0. The van der Waals surface area contributed by atoms with E-state index in [4.69, 9.17) is 0 Å². The highest BCUT2D eigenvalue weighted by Gasteiger charge is 2.51. The number of hydrogen-bond acceptors (Lipinski definition) is 5. The summed E-state index contributed by atoms with van der Waals surface area (Å²) in [4.78, 5) is 25.7. The first-order valence-electron chi connectivity index (χ1n) is 11.8. The number of carbonyl (C=O) groups is 1. The van der Waals surface area contributed by atoms with E-state index < -0.39 is 17.5 Å². The van der Waals surface area contributed by atoms with Crippen LogP contribution in [-0.2, 0) is 11.7 Å². The second-order valence-electron chi connectivity index (χ2n) is 9.97. The lowest BCUT2D eigenvalue weighted by Crippen LogP contribution is -2.54. The van der Waals surface area contributed by atoms with Crippen LogP contribution in [0, 0.1) is 5.82 Å². The van der Waals surface area contributed by atoms with Gasteiger partial charge in [-0.05, 0) is 63.9 Å². The lowest BCUT2D eigenvalue weighted by molar-refractivity contribution is -0.144. The smallest absolute Gasteiger partial charge is 0.355 e. The van der Waals surface area contributed by atoms with E-state index in [1.54, 1.807) is 17.0 Å². The Morgan fingerprint density at radius 3 is 2.40 bits per heavy atom. The molecule has 1 aromatic heterocycles. The van der Waals surface area contributed by atoms with Crippen molar-refractivity contribution >= 4 is 17.5 Å². The average Bonchev–Trinajstić information content (AvgIpc) is 3.08. The Morgan fingerprint density at radius 2 is 1.83 bits per heavy atom. The van der Waals surface area contributed by atoms with Gasteiger partial charge < -0.3 is 10.2 Å². The summed E-state index contributed by atoms with van der Waals surface area (Å²) in [5.41, 5.74) is 0.293. The molecule has 0 radical (unpaired) electrons. The summed E-state index contributed by atoms with van der Waals surface area (Å²) in [6.45, 7) is 1.48. The van der Waals surface area contributed by atoms with E-state index in [0.29, 0.717) is 51.0 Å². The third-order valence-electron chi connectivity index (χ3n) is 7.78. The predicted octanol–water partition coefficient (Wildman–Crippen LogP) is 4.14. The first kappa shape index (κ1) is 23.8. The van der Waals surface area contributed by atoms with Crippen LogP contribution in [0.1, 0.15) is 43.5 Å². The molecule has 0 bridgehead atoms. The second-order valence-corrected chi connectivity index (χ2v) is 9.97. The molecule has 0 atom stereocenters. The SMILES string of the molecule is CN(C)[C@]1(c2cccc(F)c2)CC[C@@]2(CC1)CN(c1cnc(C(F)(F)F)nc1N1CCC1)C(=O)N2. The minimum atomic E-state index is -4.66. The fourth-order valence-electron chi connectivity index (χ4n) is 5.55. The first-order chi connectivity index (χ1) is 16.5. The average molecular weight is 493 g/mol. The van der Waals surface area contributed by atoms with Gasteiger partial charge in [0.2, 0.25) is 5.82 Å². The van der Waals surface area contributed by atoms with Crippen LogP contribution < -0.4 is 15.1 Å². The van der Waals surface area contributed by atoms with Crippen molar-refractivity contribution in [2.45, 2.75) is 49.4 Å². The van der Waals surface area contributed by atoms with Crippen molar-refractivity contribution in [3.8, 4) is 0 Å². The Balaban J connectivity index is 1.41. The number of alkyl halides is 3. The van der Waals surface area contributed by atoms with E-state index in [9.17, 15) is 22.4 Å². The van der Waals surface area contributed by atoms with Crippen molar-refractivity contribution < 1.29 is 22.4 Å². The van der Waals surface area contributed by atoms with Crippen molar-refractivity contribution in [1.82, 2.24) is 20.2 Å². The van der Waals surface area contributed by atoms with Gasteiger partial charge in [-0.3, -0.25) is 9.80 Å². The molecule has 1 N–H and O–H groups in total. The molecule has 1 aromatic carbocycles. The number of aromatic nitrogens is 2. The molecule has 2 aliphatic heterocycles. The summed E-state index contributed by atoms with van der Waals surface area (Å²) in [5, 5.41) is 3.10. The summed E-state index contributed by atoms with van der Waals surface area (Å²) in [5.74, 6) is -1.35. The molecule has 35 heavy (non-hydrogen) atoms. The van der Waals surface area contributed by atoms with Gasteiger partial charge in [-0.1, -0.05) is 12.1 Å². The lowest BCUT2D eigenvalue weighted by atomic mass is 9.69. The molecule has 1 spiro atoms. The van der Waals surface area contributed by atoms with Gasteiger partial charge in [0.05, 0.1) is 18.3 Å². The van der Waals surface area contributed by atoms with Gasteiger partial charge in [0.25, 0.3) is 0 Å². The van der Waals surface area contributed by atoms with E-state index in [1.165, 1.54) is 11.0 Å². The number of hydrogen-bond donors (Lipinski definition) is 1. The maximum Gasteiger partial charge on any atom is 0.451 e. The van der Waals surface area contributed by atoms with Crippen molar-refractivity contribution in [3.63, 3.8) is 0 Å². The van der Waals surface area contributed by atoms with Crippen molar-refractivity contribution in [1.29, 1.82) is 0 Å². The van der Waals surface area contributed by atoms with Gasteiger partial charge in [-0.2, -0.15) is 13.2 Å². The predicted molar refractivity (Wildman–Crippen MR) is 123 cm³/mol. The molecule has 1 aliphatic carbocycles. The molecule has 3 fully saturated rings. The largest absolute Gasteiger partial charge is 0.451 e. The standard InChI is InChI=1S/C24H28F4N6O/c1-32(2)23(16-5-3-6-17(25)13-16)9-7-22(8-10-23)15-34(21(35)31-22)18-14-29-20(24(26,27)28)30-19(18)33-11-4-12-33/h3,5-6,13-14H,4,7-12,15H2,1-2H3,(H,31,35)/t22-,23-. The first-order valence-corrected chi connectivity index (χ1v) is 11.8. The highest BCUT2D eigenvalue weighted by Crippen LogP contribution is 2.47. The maximum absolute atomic E-state index is 14.0. The van der Waals surface area contributed by atoms with E-state index >= 15 is 0 Å². The quantitative estimate of drug-likeness (QED) is 0.650. The highest BCUT2D eigenvalue weighted by molar-refractivity contribution is 5.98. The minimum absolute atomic E-state index is 0.143. The van der Waals surface area contributed by atoms with Gasteiger partial charge in [0.15, 0.2) is 5.82 Å². The van der Waals surface area contributed by atoms with E-state index in [1.807, 2.05) is 20.2 Å². The summed E-state index contributed by atoms with van der Waals surface area (Å²) < 4.78 is 53.8. The molecular formula is C24H28F4N6O. The zero-order valence-corrected chi connectivity index (χ0v) is 19.7. The van der Waals surface area contributed by atoms with Crippen molar-refractivity contribution in [2.24, 2.45) is 0 Å². The van der Waals surface area contributed by atoms with Crippen LogP contribution in [0.25, 0.3) is 0 Å². The van der Waals surface area contributed by atoms with Crippen LogP contribution in [0.2, 0.25) is 0 Å². The van der Waals surface area contributed by atoms with Crippen LogP contribution in [0.3, 0.4) is 0 Å². The molecular weight excluding hydrogens is 464 g/mol. The van der Waals surface area contributed by atoms with Crippen LogP contribution in [-0.4, -0.2) is 60.2 Å². The van der Waals surface area contributed by atoms with E-state index in [0.717, 1.165) is 18.2 Å². The monoisotopic (exact) mass is 492 g/mol. The van der Waals surface area contributed by atoms with Crippen LogP contribution in [0.4, 0.5) is 33.9 Å². The number of halogens is 4. The van der Waals surface area contributed by atoms with Crippen molar-refractivity contribution in [3.05, 3.63) is 47.7 Å². The molecule has 5 rings (SSSR count). The van der Waals surface area contributed by atoms with Crippen molar-refractivity contribution in [2.75, 3.05) is 43.5 Å². The Morgan fingerprint density at radius 1 is 1.11 bits per heavy atom.